The molecule has 158 valence electrons. The molecule has 0 aromatic carbocycles. The number of carbonyl (C=O) groups excluding carboxylic acids is 1. The first kappa shape index (κ1) is 19.5. The van der Waals surface area contributed by atoms with Crippen molar-refractivity contribution < 1.29 is 13.9 Å². The van der Waals surface area contributed by atoms with Gasteiger partial charge in [0.2, 0.25) is 5.88 Å². The van der Waals surface area contributed by atoms with Gasteiger partial charge in [-0.3, -0.25) is 4.79 Å². The summed E-state index contributed by atoms with van der Waals surface area (Å²) in [4.78, 5) is 32.7. The zero-order valence-electron chi connectivity index (χ0n) is 17.1. The molecule has 5 rings (SSSR count). The van der Waals surface area contributed by atoms with Crippen molar-refractivity contribution in [2.75, 3.05) is 13.2 Å². The smallest absolute Gasteiger partial charge is 0.273 e. The number of pyridine rings is 2. The number of halogens is 1. The number of carbonyl (C=O) groups is 1. The Bertz CT molecular complexity index is 1090. The third-order valence-corrected chi connectivity index (χ3v) is 5.94. The van der Waals surface area contributed by atoms with Gasteiger partial charge in [-0.1, -0.05) is 0 Å². The third kappa shape index (κ3) is 4.10. The van der Waals surface area contributed by atoms with Crippen molar-refractivity contribution in [2.45, 2.75) is 25.8 Å². The number of piperidine rings is 1. The number of fused-ring (bicyclic) bond motifs is 1. The van der Waals surface area contributed by atoms with E-state index in [-0.39, 0.29) is 11.9 Å². The fraction of sp³-hybridized carbons (Fsp3) is 0.348. The summed E-state index contributed by atoms with van der Waals surface area (Å²) in [6, 6.07) is 8.15. The van der Waals surface area contributed by atoms with Crippen molar-refractivity contribution >= 4 is 5.91 Å². The highest BCUT2D eigenvalue weighted by Crippen LogP contribution is 2.47. The van der Waals surface area contributed by atoms with Gasteiger partial charge in [-0.2, -0.15) is 0 Å². The SMILES string of the molecule is Cc1ccc(-c2ncccn2)c(C(=O)N2C[C@@H]3C[C@@H]3C[C@H]2COc2ccc(F)cn2)n1. The van der Waals surface area contributed by atoms with E-state index >= 15 is 0 Å². The van der Waals surface area contributed by atoms with E-state index in [2.05, 4.69) is 19.9 Å². The Balaban J connectivity index is 1.41. The van der Waals surface area contributed by atoms with Gasteiger partial charge in [-0.15, -0.1) is 0 Å². The Hall–Kier alpha value is -3.42. The van der Waals surface area contributed by atoms with Crippen LogP contribution in [0.3, 0.4) is 0 Å². The van der Waals surface area contributed by atoms with Crippen molar-refractivity contribution in [2.24, 2.45) is 11.8 Å². The van der Waals surface area contributed by atoms with Crippen molar-refractivity contribution in [3.05, 3.63) is 66.1 Å². The first-order chi connectivity index (χ1) is 15.1. The van der Waals surface area contributed by atoms with Gasteiger partial charge in [0.25, 0.3) is 5.91 Å². The van der Waals surface area contributed by atoms with Crippen LogP contribution in [0.15, 0.2) is 48.9 Å². The average molecular weight is 419 g/mol. The van der Waals surface area contributed by atoms with Gasteiger partial charge in [0.15, 0.2) is 5.82 Å². The molecule has 0 radical (unpaired) electrons. The second-order valence-electron chi connectivity index (χ2n) is 8.15. The molecule has 1 aliphatic carbocycles. The molecule has 1 aliphatic heterocycles. The van der Waals surface area contributed by atoms with Gasteiger partial charge >= 0.3 is 0 Å². The molecule has 1 amide bonds. The summed E-state index contributed by atoms with van der Waals surface area (Å²) >= 11 is 0. The van der Waals surface area contributed by atoms with Crippen LogP contribution in [0.25, 0.3) is 11.4 Å². The second kappa shape index (κ2) is 8.02. The van der Waals surface area contributed by atoms with E-state index in [0.29, 0.717) is 47.9 Å². The Morgan fingerprint density at radius 1 is 1.13 bits per heavy atom. The summed E-state index contributed by atoms with van der Waals surface area (Å²) in [5.41, 5.74) is 1.73. The summed E-state index contributed by atoms with van der Waals surface area (Å²) in [6.07, 6.45) is 6.43. The summed E-state index contributed by atoms with van der Waals surface area (Å²) in [6.45, 7) is 2.84. The predicted octanol–water partition coefficient (Wildman–Crippen LogP) is 3.31. The maximum Gasteiger partial charge on any atom is 0.273 e. The number of rotatable bonds is 5. The van der Waals surface area contributed by atoms with Crippen LogP contribution in [0.4, 0.5) is 4.39 Å². The van der Waals surface area contributed by atoms with Crippen molar-refractivity contribution in [1.82, 2.24) is 24.8 Å². The number of likely N-dealkylation sites (tertiary alicyclic amines) is 1. The Morgan fingerprint density at radius 3 is 2.74 bits per heavy atom. The van der Waals surface area contributed by atoms with E-state index in [1.54, 1.807) is 18.5 Å². The van der Waals surface area contributed by atoms with Crippen LogP contribution in [-0.4, -0.2) is 49.9 Å². The molecule has 31 heavy (non-hydrogen) atoms. The summed E-state index contributed by atoms with van der Waals surface area (Å²) in [5.74, 6) is 1.43. The molecule has 8 heteroatoms. The molecule has 2 aliphatic rings. The van der Waals surface area contributed by atoms with E-state index in [9.17, 15) is 9.18 Å². The highest BCUT2D eigenvalue weighted by Gasteiger charge is 2.47. The highest BCUT2D eigenvalue weighted by molar-refractivity contribution is 5.98. The van der Waals surface area contributed by atoms with Gasteiger partial charge in [0.1, 0.15) is 18.1 Å². The molecule has 0 spiro atoms. The van der Waals surface area contributed by atoms with Gasteiger partial charge in [-0.25, -0.2) is 24.3 Å². The number of aryl methyl sites for hydroxylation is 1. The Kier molecular flexibility index (Phi) is 5.05. The van der Waals surface area contributed by atoms with Crippen LogP contribution in [0.1, 0.15) is 29.0 Å². The number of aromatic nitrogens is 4. The summed E-state index contributed by atoms with van der Waals surface area (Å²) < 4.78 is 18.9. The lowest BCUT2D eigenvalue weighted by Gasteiger charge is -2.35. The van der Waals surface area contributed by atoms with E-state index in [4.69, 9.17) is 4.74 Å². The molecular weight excluding hydrogens is 397 g/mol. The van der Waals surface area contributed by atoms with Gasteiger partial charge in [0, 0.05) is 30.7 Å². The standard InChI is InChI=1S/C23H22FN5O2/c1-14-3-5-19(22-25-7-2-8-26-22)21(28-14)23(30)29-12-16-9-15(16)10-18(29)13-31-20-6-4-17(24)11-27-20/h2-8,11,15-16,18H,9-10,12-13H2,1H3/t15-,16+,18+/m1/s1. The summed E-state index contributed by atoms with van der Waals surface area (Å²) in [7, 11) is 0. The number of hydrogen-bond donors (Lipinski definition) is 0. The predicted molar refractivity (Wildman–Crippen MR) is 111 cm³/mol. The lowest BCUT2D eigenvalue weighted by atomic mass is 10.0. The molecule has 7 nitrogen and oxygen atoms in total. The fourth-order valence-electron chi connectivity index (χ4n) is 4.21. The molecule has 0 unspecified atom stereocenters. The highest BCUT2D eigenvalue weighted by atomic mass is 19.1. The zero-order valence-corrected chi connectivity index (χ0v) is 17.1. The summed E-state index contributed by atoms with van der Waals surface area (Å²) in [5, 5.41) is 0. The van der Waals surface area contributed by atoms with E-state index in [0.717, 1.165) is 24.7 Å². The number of ether oxygens (including phenoxy) is 1. The molecule has 1 saturated heterocycles. The quantitative estimate of drug-likeness (QED) is 0.631. The first-order valence-electron chi connectivity index (χ1n) is 10.4. The largest absolute Gasteiger partial charge is 0.475 e. The molecule has 0 N–H and O–H groups in total. The molecule has 2 fully saturated rings. The van der Waals surface area contributed by atoms with Crippen LogP contribution in [0, 0.1) is 24.6 Å². The number of amides is 1. The molecule has 3 aromatic rings. The van der Waals surface area contributed by atoms with Gasteiger partial charge in [-0.05, 0) is 55.9 Å². The zero-order chi connectivity index (χ0) is 21.4. The van der Waals surface area contributed by atoms with Crippen LogP contribution in [0.5, 0.6) is 5.88 Å². The van der Waals surface area contributed by atoms with Crippen molar-refractivity contribution in [1.29, 1.82) is 0 Å². The minimum atomic E-state index is -0.413. The molecule has 3 aromatic heterocycles. The second-order valence-corrected chi connectivity index (χ2v) is 8.15. The number of nitrogens with zero attached hydrogens (tertiary/aromatic N) is 5. The molecular formula is C23H22FN5O2. The van der Waals surface area contributed by atoms with E-state index in [1.807, 2.05) is 24.0 Å². The maximum atomic E-state index is 13.7. The first-order valence-corrected chi connectivity index (χ1v) is 10.4. The third-order valence-electron chi connectivity index (χ3n) is 5.94. The lowest BCUT2D eigenvalue weighted by molar-refractivity contribution is 0.0503. The fourth-order valence-corrected chi connectivity index (χ4v) is 4.21. The van der Waals surface area contributed by atoms with E-state index < -0.39 is 5.82 Å². The average Bonchev–Trinajstić information content (AvgIpc) is 3.56. The molecule has 4 heterocycles. The minimum absolute atomic E-state index is 0.102. The van der Waals surface area contributed by atoms with E-state index in [1.165, 1.54) is 12.1 Å². The van der Waals surface area contributed by atoms with Gasteiger partial charge in [0.05, 0.1) is 17.8 Å². The van der Waals surface area contributed by atoms with Crippen LogP contribution in [0.2, 0.25) is 0 Å². The monoisotopic (exact) mass is 419 g/mol. The topological polar surface area (TPSA) is 81.1 Å². The normalized spacial score (nSPS) is 22.0. The lowest BCUT2D eigenvalue weighted by Crippen LogP contribution is -2.48. The van der Waals surface area contributed by atoms with Crippen LogP contribution in [-0.2, 0) is 0 Å². The minimum Gasteiger partial charge on any atom is -0.475 e. The molecule has 3 atom stereocenters. The van der Waals surface area contributed by atoms with Crippen LogP contribution < -0.4 is 4.74 Å². The maximum absolute atomic E-state index is 13.7. The molecule has 1 saturated carbocycles. The van der Waals surface area contributed by atoms with Crippen molar-refractivity contribution in [3.63, 3.8) is 0 Å². The van der Waals surface area contributed by atoms with Crippen molar-refractivity contribution in [3.8, 4) is 17.3 Å². The van der Waals surface area contributed by atoms with Crippen LogP contribution >= 0.6 is 0 Å². The number of hydrogen-bond acceptors (Lipinski definition) is 6. The Labute approximate surface area is 179 Å². The Morgan fingerprint density at radius 2 is 1.97 bits per heavy atom. The molecule has 0 bridgehead atoms. The van der Waals surface area contributed by atoms with Gasteiger partial charge < -0.3 is 9.64 Å².